The Morgan fingerprint density at radius 3 is 2.38 bits per heavy atom. The molecule has 1 aliphatic heterocycles. The number of hydrogen-bond donors (Lipinski definition) is 2. The van der Waals surface area contributed by atoms with Gasteiger partial charge in [0.15, 0.2) is 0 Å². The summed E-state index contributed by atoms with van der Waals surface area (Å²) in [7, 11) is -7.72. The Kier molecular flexibility index (Phi) is 5.37. The number of anilines is 3. The normalized spacial score (nSPS) is 15.9. The average molecular weight is 437 g/mol. The number of benzene rings is 2. The summed E-state index contributed by atoms with van der Waals surface area (Å²) < 4.78 is 52.8. The summed E-state index contributed by atoms with van der Waals surface area (Å²) in [5.41, 5.74) is 1.07. The molecule has 0 spiro atoms. The van der Waals surface area contributed by atoms with Gasteiger partial charge in [0, 0.05) is 19.0 Å². The average Bonchev–Trinajstić information content (AvgIpc) is 2.86. The van der Waals surface area contributed by atoms with Gasteiger partial charge in [0.05, 0.1) is 22.0 Å². The van der Waals surface area contributed by atoms with Crippen molar-refractivity contribution < 1.29 is 26.4 Å². The van der Waals surface area contributed by atoms with Gasteiger partial charge < -0.3 is 5.32 Å². The molecular formula is C18H19N3O6S2. The molecule has 3 rings (SSSR count). The van der Waals surface area contributed by atoms with E-state index < -0.39 is 26.0 Å². The first-order valence-corrected chi connectivity index (χ1v) is 11.7. The van der Waals surface area contributed by atoms with E-state index >= 15 is 0 Å². The van der Waals surface area contributed by atoms with E-state index in [2.05, 4.69) is 10.0 Å². The van der Waals surface area contributed by atoms with E-state index in [4.69, 9.17) is 0 Å². The molecule has 2 aromatic rings. The predicted molar refractivity (Wildman–Crippen MR) is 109 cm³/mol. The third kappa shape index (κ3) is 4.40. The molecule has 0 saturated carbocycles. The van der Waals surface area contributed by atoms with Crippen LogP contribution < -0.4 is 14.3 Å². The lowest BCUT2D eigenvalue weighted by Crippen LogP contribution is -2.29. The number of amides is 2. The molecule has 29 heavy (non-hydrogen) atoms. The van der Waals surface area contributed by atoms with Crippen LogP contribution in [0, 0.1) is 6.92 Å². The lowest BCUT2D eigenvalue weighted by Gasteiger charge is -2.17. The molecule has 1 fully saturated rings. The van der Waals surface area contributed by atoms with Crippen molar-refractivity contribution >= 4 is 48.9 Å². The molecule has 11 heteroatoms. The fourth-order valence-electron chi connectivity index (χ4n) is 3.00. The zero-order valence-electron chi connectivity index (χ0n) is 15.7. The Bertz CT molecular complexity index is 1210. The first-order valence-electron chi connectivity index (χ1n) is 8.56. The molecule has 0 aromatic heterocycles. The molecule has 0 radical (unpaired) electrons. The van der Waals surface area contributed by atoms with Crippen LogP contribution in [-0.4, -0.2) is 34.4 Å². The van der Waals surface area contributed by atoms with Gasteiger partial charge in [0.2, 0.25) is 21.8 Å². The molecule has 0 unspecified atom stereocenters. The standard InChI is InChI=1S/C18H19N3O6S2/c1-12-10-16(21-18(23)8-9-28(21,24)25)6-7-17(12)29(26,27)20-15-5-3-4-14(11-15)19-13(2)22/h3-7,10-11,20H,8-9H2,1-2H3,(H,19,22). The number of hydrogen-bond acceptors (Lipinski definition) is 6. The minimum atomic E-state index is -3.99. The molecule has 2 aromatic carbocycles. The lowest BCUT2D eigenvalue weighted by atomic mass is 10.2. The van der Waals surface area contributed by atoms with E-state index in [1.807, 2.05) is 0 Å². The Morgan fingerprint density at radius 2 is 1.79 bits per heavy atom. The van der Waals surface area contributed by atoms with Gasteiger partial charge in [-0.3, -0.25) is 14.3 Å². The van der Waals surface area contributed by atoms with Crippen molar-refractivity contribution in [1.82, 2.24) is 0 Å². The van der Waals surface area contributed by atoms with Crippen LogP contribution in [-0.2, 0) is 29.6 Å². The highest BCUT2D eigenvalue weighted by Crippen LogP contribution is 2.29. The fraction of sp³-hybridized carbons (Fsp3) is 0.222. The van der Waals surface area contributed by atoms with Crippen LogP contribution >= 0.6 is 0 Å². The van der Waals surface area contributed by atoms with Crippen LogP contribution in [0.25, 0.3) is 0 Å². The van der Waals surface area contributed by atoms with Crippen molar-refractivity contribution in [3.8, 4) is 0 Å². The highest BCUT2D eigenvalue weighted by molar-refractivity contribution is 7.94. The number of rotatable bonds is 5. The second-order valence-corrected chi connectivity index (χ2v) is 10.1. The van der Waals surface area contributed by atoms with E-state index in [1.54, 1.807) is 12.1 Å². The Hall–Kier alpha value is -2.92. The maximum atomic E-state index is 12.8. The highest BCUT2D eigenvalue weighted by atomic mass is 32.2. The van der Waals surface area contributed by atoms with Crippen molar-refractivity contribution in [1.29, 1.82) is 0 Å². The van der Waals surface area contributed by atoms with Crippen LogP contribution in [0.5, 0.6) is 0 Å². The number of nitrogens with one attached hydrogen (secondary N) is 2. The SMILES string of the molecule is CC(=O)Nc1cccc(NS(=O)(=O)c2ccc(N3C(=O)CCS3(=O)=O)cc2C)c1. The monoisotopic (exact) mass is 437 g/mol. The lowest BCUT2D eigenvalue weighted by molar-refractivity contribution is -0.116. The maximum absolute atomic E-state index is 12.8. The third-order valence-electron chi connectivity index (χ3n) is 4.20. The quantitative estimate of drug-likeness (QED) is 0.734. The number of sulfonamides is 2. The molecule has 0 atom stereocenters. The van der Waals surface area contributed by atoms with Crippen molar-refractivity contribution in [3.63, 3.8) is 0 Å². The van der Waals surface area contributed by atoms with Crippen LogP contribution in [0.4, 0.5) is 17.1 Å². The van der Waals surface area contributed by atoms with E-state index in [0.29, 0.717) is 9.99 Å². The van der Waals surface area contributed by atoms with Crippen LogP contribution in [0.1, 0.15) is 18.9 Å². The van der Waals surface area contributed by atoms with Crippen LogP contribution in [0.3, 0.4) is 0 Å². The molecule has 1 aliphatic rings. The van der Waals surface area contributed by atoms with Gasteiger partial charge in [-0.25, -0.2) is 21.1 Å². The Balaban J connectivity index is 1.90. The van der Waals surface area contributed by atoms with Crippen molar-refractivity contribution in [2.24, 2.45) is 0 Å². The number of carbonyl (C=O) groups is 2. The Labute approximate surface area is 168 Å². The molecule has 1 saturated heterocycles. The minimum absolute atomic E-state index is 0.0600. The summed E-state index contributed by atoms with van der Waals surface area (Å²) in [5.74, 6) is -1.10. The van der Waals surface area contributed by atoms with Gasteiger partial charge in [0.25, 0.3) is 10.0 Å². The number of nitrogens with zero attached hydrogens (tertiary/aromatic N) is 1. The topological polar surface area (TPSA) is 130 Å². The summed E-state index contributed by atoms with van der Waals surface area (Å²) in [6.07, 6.45) is -0.104. The van der Waals surface area contributed by atoms with Crippen LogP contribution in [0.2, 0.25) is 0 Å². The number of aryl methyl sites for hydroxylation is 1. The summed E-state index contributed by atoms with van der Waals surface area (Å²) in [4.78, 5) is 23.0. The summed E-state index contributed by atoms with van der Waals surface area (Å²) >= 11 is 0. The van der Waals surface area contributed by atoms with Gasteiger partial charge in [-0.15, -0.1) is 0 Å². The molecular weight excluding hydrogens is 418 g/mol. The Morgan fingerprint density at radius 1 is 1.10 bits per heavy atom. The highest BCUT2D eigenvalue weighted by Gasteiger charge is 2.36. The minimum Gasteiger partial charge on any atom is -0.326 e. The van der Waals surface area contributed by atoms with Gasteiger partial charge in [-0.2, -0.15) is 0 Å². The molecule has 154 valence electrons. The summed E-state index contributed by atoms with van der Waals surface area (Å²) in [6.45, 7) is 2.85. The zero-order chi connectivity index (χ0) is 21.4. The summed E-state index contributed by atoms with van der Waals surface area (Å²) in [5, 5.41) is 2.56. The molecule has 2 amide bonds. The van der Waals surface area contributed by atoms with Crippen LogP contribution in [0.15, 0.2) is 47.4 Å². The van der Waals surface area contributed by atoms with E-state index in [9.17, 15) is 26.4 Å². The van der Waals surface area contributed by atoms with Crippen molar-refractivity contribution in [2.75, 3.05) is 20.1 Å². The van der Waals surface area contributed by atoms with Gasteiger partial charge in [-0.05, 0) is 48.9 Å². The second-order valence-electron chi connectivity index (χ2n) is 6.54. The molecule has 0 bridgehead atoms. The smallest absolute Gasteiger partial charge is 0.262 e. The van der Waals surface area contributed by atoms with E-state index in [0.717, 1.165) is 0 Å². The van der Waals surface area contributed by atoms with E-state index in [1.165, 1.54) is 44.2 Å². The first-order chi connectivity index (χ1) is 13.5. The fourth-order valence-corrected chi connectivity index (χ4v) is 5.73. The van der Waals surface area contributed by atoms with Gasteiger partial charge in [-0.1, -0.05) is 6.07 Å². The van der Waals surface area contributed by atoms with Crippen molar-refractivity contribution in [3.05, 3.63) is 48.0 Å². The first kappa shape index (κ1) is 20.8. The summed E-state index contributed by atoms with van der Waals surface area (Å²) in [6, 6.07) is 10.1. The molecule has 2 N–H and O–H groups in total. The van der Waals surface area contributed by atoms with Crippen molar-refractivity contribution in [2.45, 2.75) is 25.2 Å². The number of carbonyl (C=O) groups excluding carboxylic acids is 2. The van der Waals surface area contributed by atoms with Gasteiger partial charge in [0.1, 0.15) is 0 Å². The zero-order valence-corrected chi connectivity index (χ0v) is 17.3. The molecule has 1 heterocycles. The molecule has 0 aliphatic carbocycles. The maximum Gasteiger partial charge on any atom is 0.262 e. The van der Waals surface area contributed by atoms with E-state index in [-0.39, 0.29) is 39.9 Å². The third-order valence-corrected chi connectivity index (χ3v) is 7.43. The van der Waals surface area contributed by atoms with Gasteiger partial charge >= 0.3 is 0 Å². The molecule has 9 nitrogen and oxygen atoms in total. The second kappa shape index (κ2) is 7.48. The predicted octanol–water partition coefficient (Wildman–Crippen LogP) is 1.82. The largest absolute Gasteiger partial charge is 0.326 e.